The maximum atomic E-state index is 4.59. The van der Waals surface area contributed by atoms with E-state index in [4.69, 9.17) is 0 Å². The number of thiazole rings is 1. The molecule has 0 amide bonds. The zero-order chi connectivity index (χ0) is 12.4. The van der Waals surface area contributed by atoms with E-state index in [0.29, 0.717) is 6.04 Å². The van der Waals surface area contributed by atoms with Crippen molar-refractivity contribution >= 4 is 17.3 Å². The molecule has 2 aromatic rings. The molecule has 0 aromatic carbocycles. The van der Waals surface area contributed by atoms with Crippen molar-refractivity contribution in [2.75, 3.05) is 5.32 Å². The Labute approximate surface area is 111 Å². The van der Waals surface area contributed by atoms with E-state index in [0.717, 1.165) is 18.2 Å². The molecule has 0 unspecified atom stereocenters. The summed E-state index contributed by atoms with van der Waals surface area (Å²) >= 11 is 1.68. The van der Waals surface area contributed by atoms with Crippen molar-refractivity contribution in [3.8, 4) is 0 Å². The van der Waals surface area contributed by atoms with E-state index in [1.165, 1.54) is 30.6 Å². The number of hydrogen-bond donors (Lipinski definition) is 1. The molecule has 0 bridgehead atoms. The standard InChI is InChI=1S/C13H18N4S/c1-10-8-17(11-4-2-3-5-11)13(16-10)15-7-12-6-14-9-18-12/h6,8-9,11H,2-5,7H2,1H3,(H,15,16). The van der Waals surface area contributed by atoms with Gasteiger partial charge in [-0.05, 0) is 19.8 Å². The number of nitrogens with zero attached hydrogens (tertiary/aromatic N) is 3. The first kappa shape index (κ1) is 11.7. The predicted molar refractivity (Wildman–Crippen MR) is 73.9 cm³/mol. The second-order valence-electron chi connectivity index (χ2n) is 4.87. The molecule has 1 N–H and O–H groups in total. The second-order valence-corrected chi connectivity index (χ2v) is 5.84. The van der Waals surface area contributed by atoms with Gasteiger partial charge in [0.25, 0.3) is 0 Å². The molecule has 4 nitrogen and oxygen atoms in total. The normalized spacial score (nSPS) is 16.3. The van der Waals surface area contributed by atoms with Gasteiger partial charge in [-0.25, -0.2) is 4.98 Å². The third kappa shape index (κ3) is 2.41. The lowest BCUT2D eigenvalue weighted by Crippen LogP contribution is -2.10. The molecular formula is C13H18N4S. The molecule has 2 heterocycles. The first-order valence-electron chi connectivity index (χ1n) is 6.49. The van der Waals surface area contributed by atoms with E-state index in [1.54, 1.807) is 11.3 Å². The topological polar surface area (TPSA) is 42.7 Å². The van der Waals surface area contributed by atoms with E-state index < -0.39 is 0 Å². The summed E-state index contributed by atoms with van der Waals surface area (Å²) in [5.41, 5.74) is 2.96. The molecule has 5 heteroatoms. The largest absolute Gasteiger partial charge is 0.351 e. The fraction of sp³-hybridized carbons (Fsp3) is 0.538. The summed E-state index contributed by atoms with van der Waals surface area (Å²) in [5.74, 6) is 1.01. The lowest BCUT2D eigenvalue weighted by atomic mass is 10.2. The maximum absolute atomic E-state index is 4.59. The van der Waals surface area contributed by atoms with Crippen molar-refractivity contribution in [3.05, 3.63) is 28.5 Å². The smallest absolute Gasteiger partial charge is 0.203 e. The van der Waals surface area contributed by atoms with Gasteiger partial charge in [0, 0.05) is 23.3 Å². The Hall–Kier alpha value is -1.36. The first-order valence-corrected chi connectivity index (χ1v) is 7.37. The van der Waals surface area contributed by atoms with Crippen molar-refractivity contribution in [2.45, 2.75) is 45.2 Å². The lowest BCUT2D eigenvalue weighted by molar-refractivity contribution is 0.522. The molecule has 1 saturated carbocycles. The van der Waals surface area contributed by atoms with E-state index in [9.17, 15) is 0 Å². The molecule has 1 fully saturated rings. The fourth-order valence-electron chi connectivity index (χ4n) is 2.60. The number of hydrogen-bond acceptors (Lipinski definition) is 4. The van der Waals surface area contributed by atoms with Crippen LogP contribution in [0.3, 0.4) is 0 Å². The van der Waals surface area contributed by atoms with Crippen molar-refractivity contribution in [1.29, 1.82) is 0 Å². The van der Waals surface area contributed by atoms with E-state index in [1.807, 2.05) is 11.7 Å². The quantitative estimate of drug-likeness (QED) is 0.918. The van der Waals surface area contributed by atoms with Crippen LogP contribution in [0, 0.1) is 6.92 Å². The van der Waals surface area contributed by atoms with E-state index in [-0.39, 0.29) is 0 Å². The minimum absolute atomic E-state index is 0.634. The summed E-state index contributed by atoms with van der Waals surface area (Å²) in [5, 5.41) is 3.44. The SMILES string of the molecule is Cc1cn(C2CCCC2)c(NCc2cncs2)n1. The van der Waals surface area contributed by atoms with Gasteiger partial charge in [0.2, 0.25) is 5.95 Å². The van der Waals surface area contributed by atoms with Crippen LogP contribution in [0.1, 0.15) is 42.3 Å². The van der Waals surface area contributed by atoms with Crippen LogP contribution in [0.4, 0.5) is 5.95 Å². The Kier molecular flexibility index (Phi) is 3.32. The van der Waals surface area contributed by atoms with Gasteiger partial charge in [-0.15, -0.1) is 11.3 Å². The molecular weight excluding hydrogens is 244 g/mol. The molecule has 1 aliphatic rings. The molecule has 3 rings (SSSR count). The average molecular weight is 262 g/mol. The molecule has 0 saturated heterocycles. The molecule has 18 heavy (non-hydrogen) atoms. The Morgan fingerprint density at radius 3 is 3.00 bits per heavy atom. The molecule has 2 aromatic heterocycles. The summed E-state index contributed by atoms with van der Waals surface area (Å²) in [4.78, 5) is 9.93. The predicted octanol–water partition coefficient (Wildman–Crippen LogP) is 3.38. The van der Waals surface area contributed by atoms with Crippen LogP contribution in [0.15, 0.2) is 17.9 Å². The lowest BCUT2D eigenvalue weighted by Gasteiger charge is -2.15. The molecule has 0 spiro atoms. The highest BCUT2D eigenvalue weighted by Crippen LogP contribution is 2.32. The minimum atomic E-state index is 0.634. The van der Waals surface area contributed by atoms with Crippen molar-refractivity contribution < 1.29 is 0 Å². The highest BCUT2D eigenvalue weighted by molar-refractivity contribution is 7.09. The Morgan fingerprint density at radius 1 is 1.44 bits per heavy atom. The third-order valence-electron chi connectivity index (χ3n) is 3.48. The van der Waals surface area contributed by atoms with Crippen LogP contribution in [0.2, 0.25) is 0 Å². The Morgan fingerprint density at radius 2 is 2.28 bits per heavy atom. The second kappa shape index (κ2) is 5.10. The van der Waals surface area contributed by atoms with Gasteiger partial charge in [-0.3, -0.25) is 4.98 Å². The summed E-state index contributed by atoms with van der Waals surface area (Å²) in [7, 11) is 0. The van der Waals surface area contributed by atoms with E-state index >= 15 is 0 Å². The number of imidazole rings is 1. The molecule has 0 radical (unpaired) electrons. The minimum Gasteiger partial charge on any atom is -0.351 e. The van der Waals surface area contributed by atoms with Gasteiger partial charge in [-0.2, -0.15) is 0 Å². The van der Waals surface area contributed by atoms with Gasteiger partial charge in [0.05, 0.1) is 17.7 Å². The number of anilines is 1. The number of aryl methyl sites for hydroxylation is 1. The molecule has 0 atom stereocenters. The fourth-order valence-corrected chi connectivity index (χ4v) is 3.14. The number of aromatic nitrogens is 3. The van der Waals surface area contributed by atoms with Gasteiger partial charge >= 0.3 is 0 Å². The zero-order valence-corrected chi connectivity index (χ0v) is 11.4. The van der Waals surface area contributed by atoms with Crippen molar-refractivity contribution in [1.82, 2.24) is 14.5 Å². The van der Waals surface area contributed by atoms with Crippen LogP contribution < -0.4 is 5.32 Å². The Bertz CT molecular complexity index is 497. The van der Waals surface area contributed by atoms with Crippen LogP contribution in [-0.2, 0) is 6.54 Å². The maximum Gasteiger partial charge on any atom is 0.203 e. The molecule has 96 valence electrons. The van der Waals surface area contributed by atoms with Crippen LogP contribution in [0.25, 0.3) is 0 Å². The summed E-state index contributed by atoms with van der Waals surface area (Å²) in [6.07, 6.45) is 9.33. The number of nitrogens with one attached hydrogen (secondary N) is 1. The van der Waals surface area contributed by atoms with E-state index in [2.05, 4.69) is 33.0 Å². The van der Waals surface area contributed by atoms with Crippen LogP contribution >= 0.6 is 11.3 Å². The zero-order valence-electron chi connectivity index (χ0n) is 10.6. The Balaban J connectivity index is 1.74. The van der Waals surface area contributed by atoms with Gasteiger partial charge in [-0.1, -0.05) is 12.8 Å². The summed E-state index contributed by atoms with van der Waals surface area (Å²) in [6, 6.07) is 0.634. The van der Waals surface area contributed by atoms with Crippen molar-refractivity contribution in [3.63, 3.8) is 0 Å². The average Bonchev–Trinajstić information content (AvgIpc) is 3.08. The number of rotatable bonds is 4. The first-order chi connectivity index (χ1) is 8.83. The van der Waals surface area contributed by atoms with Crippen LogP contribution in [-0.4, -0.2) is 14.5 Å². The third-order valence-corrected chi connectivity index (χ3v) is 4.25. The van der Waals surface area contributed by atoms with Gasteiger partial charge in [0.15, 0.2) is 0 Å². The monoisotopic (exact) mass is 262 g/mol. The summed E-state index contributed by atoms with van der Waals surface area (Å²) in [6.45, 7) is 2.87. The van der Waals surface area contributed by atoms with Gasteiger partial charge < -0.3 is 9.88 Å². The molecule has 0 aliphatic heterocycles. The highest BCUT2D eigenvalue weighted by Gasteiger charge is 2.20. The van der Waals surface area contributed by atoms with Gasteiger partial charge in [0.1, 0.15) is 0 Å². The van der Waals surface area contributed by atoms with Crippen molar-refractivity contribution in [2.24, 2.45) is 0 Å². The highest BCUT2D eigenvalue weighted by atomic mass is 32.1. The summed E-state index contributed by atoms with van der Waals surface area (Å²) < 4.78 is 2.32. The molecule has 1 aliphatic carbocycles. The van der Waals surface area contributed by atoms with Crippen LogP contribution in [0.5, 0.6) is 0 Å².